The maximum Gasteiger partial charge on any atom is 0.257 e. The van der Waals surface area contributed by atoms with Gasteiger partial charge >= 0.3 is 0 Å². The van der Waals surface area contributed by atoms with Crippen molar-refractivity contribution in [3.63, 3.8) is 0 Å². The number of carbonyl (C=O) groups is 1. The molecule has 2 heterocycles. The molecule has 6 nitrogen and oxygen atoms in total. The van der Waals surface area contributed by atoms with Crippen LogP contribution >= 0.6 is 23.2 Å². The number of hydrogen-bond donors (Lipinski definition) is 1. The Morgan fingerprint density at radius 2 is 1.68 bits per heavy atom. The SMILES string of the molecule is CCN1CCN(C(=O)c2cnc(Nc3cc(Cl)cc(Cl)c3)nc2)CC1. The summed E-state index contributed by atoms with van der Waals surface area (Å²) in [5.74, 6) is 0.346. The van der Waals surface area contributed by atoms with Gasteiger partial charge in [0.15, 0.2) is 0 Å². The second kappa shape index (κ2) is 7.99. The molecule has 1 saturated heterocycles. The highest BCUT2D eigenvalue weighted by atomic mass is 35.5. The van der Waals surface area contributed by atoms with Gasteiger partial charge in [-0.2, -0.15) is 0 Å². The highest BCUT2D eigenvalue weighted by Gasteiger charge is 2.21. The molecule has 0 radical (unpaired) electrons. The minimum Gasteiger partial charge on any atom is -0.336 e. The first kappa shape index (κ1) is 17.9. The van der Waals surface area contributed by atoms with Crippen LogP contribution in [0.1, 0.15) is 17.3 Å². The smallest absolute Gasteiger partial charge is 0.257 e. The second-order valence-electron chi connectivity index (χ2n) is 5.80. The normalized spacial score (nSPS) is 15.2. The van der Waals surface area contributed by atoms with Crippen molar-refractivity contribution < 1.29 is 4.79 Å². The molecule has 132 valence electrons. The first-order valence-electron chi connectivity index (χ1n) is 8.12. The lowest BCUT2D eigenvalue weighted by molar-refractivity contribution is 0.0642. The lowest BCUT2D eigenvalue weighted by atomic mass is 10.2. The Balaban J connectivity index is 1.64. The van der Waals surface area contributed by atoms with Gasteiger partial charge in [0.2, 0.25) is 5.95 Å². The zero-order valence-electron chi connectivity index (χ0n) is 13.9. The number of piperazine rings is 1. The van der Waals surface area contributed by atoms with Gasteiger partial charge in [0, 0.05) is 54.3 Å². The van der Waals surface area contributed by atoms with Gasteiger partial charge in [-0.15, -0.1) is 0 Å². The van der Waals surface area contributed by atoms with Crippen molar-refractivity contribution in [2.24, 2.45) is 0 Å². The lowest BCUT2D eigenvalue weighted by Crippen LogP contribution is -2.48. The van der Waals surface area contributed by atoms with Crippen LogP contribution in [0.3, 0.4) is 0 Å². The molecule has 0 unspecified atom stereocenters. The average Bonchev–Trinajstić information content (AvgIpc) is 2.61. The molecule has 1 aromatic heterocycles. The summed E-state index contributed by atoms with van der Waals surface area (Å²) < 4.78 is 0. The first-order chi connectivity index (χ1) is 12.0. The van der Waals surface area contributed by atoms with Gasteiger partial charge in [0.1, 0.15) is 0 Å². The van der Waals surface area contributed by atoms with Gasteiger partial charge in [-0.3, -0.25) is 4.79 Å². The van der Waals surface area contributed by atoms with Crippen molar-refractivity contribution >= 4 is 40.7 Å². The van der Waals surface area contributed by atoms with Crippen LogP contribution in [0.15, 0.2) is 30.6 Å². The largest absolute Gasteiger partial charge is 0.336 e. The number of nitrogens with one attached hydrogen (secondary N) is 1. The van der Waals surface area contributed by atoms with Crippen molar-refractivity contribution in [3.8, 4) is 0 Å². The van der Waals surface area contributed by atoms with E-state index in [2.05, 4.69) is 27.1 Å². The maximum absolute atomic E-state index is 12.5. The first-order valence-corrected chi connectivity index (χ1v) is 8.87. The number of benzene rings is 1. The molecule has 1 aliphatic heterocycles. The maximum atomic E-state index is 12.5. The van der Waals surface area contributed by atoms with Crippen LogP contribution in [0.5, 0.6) is 0 Å². The van der Waals surface area contributed by atoms with Crippen LogP contribution in [0.2, 0.25) is 10.0 Å². The minimum atomic E-state index is -0.0342. The fraction of sp³-hybridized carbons (Fsp3) is 0.353. The predicted molar refractivity (Wildman–Crippen MR) is 99.8 cm³/mol. The zero-order chi connectivity index (χ0) is 17.8. The standard InChI is InChI=1S/C17H19Cl2N5O/c1-2-23-3-5-24(6-4-23)16(25)12-10-20-17(21-11-12)22-15-8-13(18)7-14(19)9-15/h7-11H,2-6H2,1H3,(H,20,21,22). The molecular formula is C17H19Cl2N5O. The molecule has 0 bridgehead atoms. The summed E-state index contributed by atoms with van der Waals surface area (Å²) in [6.07, 6.45) is 3.08. The monoisotopic (exact) mass is 379 g/mol. The molecule has 0 atom stereocenters. The summed E-state index contributed by atoms with van der Waals surface area (Å²) in [6, 6.07) is 5.10. The van der Waals surface area contributed by atoms with Crippen molar-refractivity contribution in [2.45, 2.75) is 6.92 Å². The Bertz CT molecular complexity index is 725. The number of nitrogens with zero attached hydrogens (tertiary/aromatic N) is 4. The van der Waals surface area contributed by atoms with E-state index in [0.29, 0.717) is 27.2 Å². The Hall–Kier alpha value is -1.89. The Labute approximate surface area is 156 Å². The number of aromatic nitrogens is 2. The van der Waals surface area contributed by atoms with Crippen molar-refractivity contribution in [1.29, 1.82) is 0 Å². The fourth-order valence-corrected chi connectivity index (χ4v) is 3.23. The van der Waals surface area contributed by atoms with E-state index < -0.39 is 0 Å². The second-order valence-corrected chi connectivity index (χ2v) is 6.68. The Morgan fingerprint density at radius 1 is 1.08 bits per heavy atom. The predicted octanol–water partition coefficient (Wildman–Crippen LogP) is 3.30. The summed E-state index contributed by atoms with van der Waals surface area (Å²) >= 11 is 11.9. The lowest BCUT2D eigenvalue weighted by Gasteiger charge is -2.33. The van der Waals surface area contributed by atoms with E-state index in [-0.39, 0.29) is 5.91 Å². The van der Waals surface area contributed by atoms with E-state index in [4.69, 9.17) is 23.2 Å². The van der Waals surface area contributed by atoms with Crippen LogP contribution in [-0.4, -0.2) is 58.4 Å². The number of carbonyl (C=O) groups excluding carboxylic acids is 1. The molecule has 2 aromatic rings. The molecule has 1 amide bonds. The van der Waals surface area contributed by atoms with Crippen LogP contribution in [0.4, 0.5) is 11.6 Å². The Kier molecular flexibility index (Phi) is 5.73. The summed E-state index contributed by atoms with van der Waals surface area (Å²) in [5, 5.41) is 4.06. The van der Waals surface area contributed by atoms with E-state index in [1.807, 2.05) is 4.90 Å². The van der Waals surface area contributed by atoms with E-state index in [1.165, 1.54) is 12.4 Å². The highest BCUT2D eigenvalue weighted by Crippen LogP contribution is 2.24. The molecule has 0 saturated carbocycles. The van der Waals surface area contributed by atoms with Gasteiger partial charge in [-0.25, -0.2) is 9.97 Å². The number of rotatable bonds is 4. The van der Waals surface area contributed by atoms with Gasteiger partial charge in [-0.05, 0) is 24.7 Å². The fourth-order valence-electron chi connectivity index (χ4n) is 2.71. The number of anilines is 2. The van der Waals surface area contributed by atoms with Crippen LogP contribution in [0.25, 0.3) is 0 Å². The van der Waals surface area contributed by atoms with E-state index in [1.54, 1.807) is 18.2 Å². The molecule has 8 heteroatoms. The molecule has 1 N–H and O–H groups in total. The molecule has 1 aliphatic rings. The number of amides is 1. The number of likely N-dealkylation sites (N-methyl/N-ethyl adjacent to an activating group) is 1. The summed E-state index contributed by atoms with van der Waals surface area (Å²) in [6.45, 7) is 6.40. The van der Waals surface area contributed by atoms with Crippen LogP contribution < -0.4 is 5.32 Å². The van der Waals surface area contributed by atoms with Crippen molar-refractivity contribution in [2.75, 3.05) is 38.0 Å². The van der Waals surface area contributed by atoms with Gasteiger partial charge in [0.25, 0.3) is 5.91 Å². The van der Waals surface area contributed by atoms with Crippen LogP contribution in [-0.2, 0) is 0 Å². The summed E-state index contributed by atoms with van der Waals surface area (Å²) in [4.78, 5) is 25.1. The van der Waals surface area contributed by atoms with Crippen molar-refractivity contribution in [1.82, 2.24) is 19.8 Å². The topological polar surface area (TPSA) is 61.4 Å². The summed E-state index contributed by atoms with van der Waals surface area (Å²) in [5.41, 5.74) is 1.17. The number of halogens is 2. The van der Waals surface area contributed by atoms with Gasteiger partial charge < -0.3 is 15.1 Å². The third kappa shape index (κ3) is 4.60. The third-order valence-corrected chi connectivity index (χ3v) is 4.56. The van der Waals surface area contributed by atoms with Crippen molar-refractivity contribution in [3.05, 3.63) is 46.2 Å². The highest BCUT2D eigenvalue weighted by molar-refractivity contribution is 6.35. The number of hydrogen-bond acceptors (Lipinski definition) is 5. The van der Waals surface area contributed by atoms with E-state index in [0.717, 1.165) is 32.7 Å². The third-order valence-electron chi connectivity index (χ3n) is 4.12. The van der Waals surface area contributed by atoms with E-state index >= 15 is 0 Å². The molecule has 3 rings (SSSR count). The van der Waals surface area contributed by atoms with Gasteiger partial charge in [0.05, 0.1) is 5.56 Å². The molecule has 1 fully saturated rings. The Morgan fingerprint density at radius 3 is 2.24 bits per heavy atom. The van der Waals surface area contributed by atoms with E-state index in [9.17, 15) is 4.79 Å². The molecular weight excluding hydrogens is 361 g/mol. The molecule has 25 heavy (non-hydrogen) atoms. The van der Waals surface area contributed by atoms with Crippen LogP contribution in [0, 0.1) is 0 Å². The molecule has 0 spiro atoms. The van der Waals surface area contributed by atoms with Gasteiger partial charge in [-0.1, -0.05) is 30.1 Å². The molecule has 1 aromatic carbocycles. The minimum absolute atomic E-state index is 0.0342. The zero-order valence-corrected chi connectivity index (χ0v) is 15.4. The molecule has 0 aliphatic carbocycles. The average molecular weight is 380 g/mol. The quantitative estimate of drug-likeness (QED) is 0.882. The summed E-state index contributed by atoms with van der Waals surface area (Å²) in [7, 11) is 0.